The number of aryl methyl sites for hydroxylation is 1. The van der Waals surface area contributed by atoms with Crippen LogP contribution < -0.4 is 15.6 Å². The molecule has 2 aromatic carbocycles. The third-order valence-electron chi connectivity index (χ3n) is 5.87. The summed E-state index contributed by atoms with van der Waals surface area (Å²) in [5.74, 6) is 2.16. The highest BCUT2D eigenvalue weighted by atomic mass is 35.5. The van der Waals surface area contributed by atoms with Gasteiger partial charge in [0.15, 0.2) is 0 Å². The van der Waals surface area contributed by atoms with E-state index in [9.17, 15) is 0 Å². The molecule has 0 spiro atoms. The van der Waals surface area contributed by atoms with Gasteiger partial charge in [0.1, 0.15) is 0 Å². The molecule has 2 heterocycles. The number of rotatable bonds is 6. The van der Waals surface area contributed by atoms with E-state index in [1.807, 2.05) is 12.1 Å². The van der Waals surface area contributed by atoms with Crippen molar-refractivity contribution in [1.82, 2.24) is 15.0 Å². The van der Waals surface area contributed by atoms with E-state index >= 15 is 0 Å². The molecular weight excluding hydrogens is 457 g/mol. The fourth-order valence-electron chi connectivity index (χ4n) is 3.59. The number of hydrazone groups is 1. The standard InChI is InChI=1S/C24H27Cl2N7/c1-15-9-11-33(12-10-15)24-30-22(28-21-6-4-5-16(2)17(21)3)29-23(31-24)32-27-14-18-7-8-19(25)13-20(18)26/h4-8,13-15H,9-12H2,1-3H3,(H2,28,29,30,31,32)/b27-14+. The summed E-state index contributed by atoms with van der Waals surface area (Å²) >= 11 is 12.2. The van der Waals surface area contributed by atoms with E-state index in [4.69, 9.17) is 28.2 Å². The molecule has 1 saturated heterocycles. The molecule has 1 aliphatic heterocycles. The molecule has 0 bridgehead atoms. The lowest BCUT2D eigenvalue weighted by molar-refractivity contribution is 0.434. The first kappa shape index (κ1) is 23.3. The summed E-state index contributed by atoms with van der Waals surface area (Å²) in [4.78, 5) is 16.1. The summed E-state index contributed by atoms with van der Waals surface area (Å²) in [6.45, 7) is 8.26. The van der Waals surface area contributed by atoms with Gasteiger partial charge < -0.3 is 10.2 Å². The number of hydrogen-bond acceptors (Lipinski definition) is 7. The molecule has 9 heteroatoms. The number of halogens is 2. The highest BCUT2D eigenvalue weighted by molar-refractivity contribution is 6.36. The first-order valence-corrected chi connectivity index (χ1v) is 11.7. The SMILES string of the molecule is Cc1cccc(Nc2nc(N/N=C/c3ccc(Cl)cc3Cl)nc(N3CCC(C)CC3)n2)c1C. The molecule has 1 fully saturated rings. The van der Waals surface area contributed by atoms with Gasteiger partial charge in [-0.2, -0.15) is 20.1 Å². The summed E-state index contributed by atoms with van der Waals surface area (Å²) in [5.41, 5.74) is 6.97. The van der Waals surface area contributed by atoms with Gasteiger partial charge in [0.05, 0.1) is 11.2 Å². The van der Waals surface area contributed by atoms with Gasteiger partial charge in [0.25, 0.3) is 0 Å². The molecular formula is C24H27Cl2N7. The number of nitrogens with zero attached hydrogens (tertiary/aromatic N) is 5. The van der Waals surface area contributed by atoms with Crippen molar-refractivity contribution in [3.8, 4) is 0 Å². The van der Waals surface area contributed by atoms with Crippen molar-refractivity contribution in [2.45, 2.75) is 33.6 Å². The Morgan fingerprint density at radius 1 is 1.03 bits per heavy atom. The topological polar surface area (TPSA) is 78.3 Å². The van der Waals surface area contributed by atoms with Gasteiger partial charge in [-0.15, -0.1) is 0 Å². The van der Waals surface area contributed by atoms with Crippen molar-refractivity contribution in [2.75, 3.05) is 28.7 Å². The van der Waals surface area contributed by atoms with Gasteiger partial charge in [-0.3, -0.25) is 0 Å². The van der Waals surface area contributed by atoms with Crippen LogP contribution in [-0.4, -0.2) is 34.3 Å². The molecule has 0 atom stereocenters. The summed E-state index contributed by atoms with van der Waals surface area (Å²) in [7, 11) is 0. The first-order valence-electron chi connectivity index (χ1n) is 11.0. The molecule has 0 aliphatic carbocycles. The van der Waals surface area contributed by atoms with Gasteiger partial charge in [-0.05, 0) is 61.9 Å². The molecule has 33 heavy (non-hydrogen) atoms. The molecule has 0 amide bonds. The zero-order valence-electron chi connectivity index (χ0n) is 18.9. The van der Waals surface area contributed by atoms with Gasteiger partial charge in [-0.1, -0.05) is 48.3 Å². The minimum Gasteiger partial charge on any atom is -0.341 e. The van der Waals surface area contributed by atoms with Crippen LogP contribution in [0.4, 0.5) is 23.5 Å². The van der Waals surface area contributed by atoms with Crippen LogP contribution in [0.1, 0.15) is 36.5 Å². The Morgan fingerprint density at radius 2 is 1.79 bits per heavy atom. The largest absolute Gasteiger partial charge is 0.341 e. The molecule has 2 N–H and O–H groups in total. The number of anilines is 4. The number of piperidine rings is 1. The van der Waals surface area contributed by atoms with Crippen molar-refractivity contribution >= 4 is 52.9 Å². The Balaban J connectivity index is 1.60. The Morgan fingerprint density at radius 3 is 2.55 bits per heavy atom. The fraction of sp³-hybridized carbons (Fsp3) is 0.333. The molecule has 0 unspecified atom stereocenters. The molecule has 1 aromatic heterocycles. The third-order valence-corrected chi connectivity index (χ3v) is 6.43. The lowest BCUT2D eigenvalue weighted by atomic mass is 10.00. The van der Waals surface area contributed by atoms with E-state index in [1.54, 1.807) is 24.4 Å². The van der Waals surface area contributed by atoms with Gasteiger partial charge >= 0.3 is 0 Å². The fourth-order valence-corrected chi connectivity index (χ4v) is 4.05. The molecule has 7 nitrogen and oxygen atoms in total. The predicted octanol–water partition coefficient (Wildman–Crippen LogP) is 6.22. The maximum atomic E-state index is 6.23. The highest BCUT2D eigenvalue weighted by Crippen LogP contribution is 2.25. The van der Waals surface area contributed by atoms with Crippen LogP contribution >= 0.6 is 23.2 Å². The number of hydrogen-bond donors (Lipinski definition) is 2. The second kappa shape index (κ2) is 10.4. The van der Waals surface area contributed by atoms with E-state index in [1.165, 1.54) is 5.56 Å². The number of nitrogens with one attached hydrogen (secondary N) is 2. The third kappa shape index (κ3) is 5.92. The second-order valence-electron chi connectivity index (χ2n) is 8.36. The van der Waals surface area contributed by atoms with E-state index in [2.05, 4.69) is 57.5 Å². The summed E-state index contributed by atoms with van der Waals surface area (Å²) < 4.78 is 0. The normalized spacial score (nSPS) is 14.6. The molecule has 0 saturated carbocycles. The lowest BCUT2D eigenvalue weighted by Crippen LogP contribution is -2.34. The summed E-state index contributed by atoms with van der Waals surface area (Å²) in [5, 5.41) is 8.72. The minimum absolute atomic E-state index is 0.354. The van der Waals surface area contributed by atoms with Gasteiger partial charge in [-0.25, -0.2) is 5.43 Å². The van der Waals surface area contributed by atoms with Gasteiger partial charge in [0, 0.05) is 29.4 Å². The Kier molecular flexibility index (Phi) is 7.30. The first-order chi connectivity index (χ1) is 15.9. The minimum atomic E-state index is 0.354. The lowest BCUT2D eigenvalue weighted by Gasteiger charge is -2.30. The van der Waals surface area contributed by atoms with Crippen molar-refractivity contribution in [3.05, 3.63) is 63.1 Å². The monoisotopic (exact) mass is 483 g/mol. The van der Waals surface area contributed by atoms with Crippen LogP contribution in [0.25, 0.3) is 0 Å². The van der Waals surface area contributed by atoms with Crippen LogP contribution in [0.3, 0.4) is 0 Å². The van der Waals surface area contributed by atoms with E-state index in [0.29, 0.717) is 33.8 Å². The Hall–Kier alpha value is -2.90. The van der Waals surface area contributed by atoms with Crippen molar-refractivity contribution < 1.29 is 0 Å². The average Bonchev–Trinajstić information content (AvgIpc) is 2.79. The van der Waals surface area contributed by atoms with E-state index in [0.717, 1.165) is 42.7 Å². The van der Waals surface area contributed by atoms with Gasteiger partial charge in [0.2, 0.25) is 17.8 Å². The zero-order valence-corrected chi connectivity index (χ0v) is 20.5. The smallest absolute Gasteiger partial charge is 0.250 e. The molecule has 3 aromatic rings. The van der Waals surface area contributed by atoms with Crippen molar-refractivity contribution in [3.63, 3.8) is 0 Å². The predicted molar refractivity (Wildman–Crippen MR) is 137 cm³/mol. The van der Waals surface area contributed by atoms with Crippen LogP contribution in [0.2, 0.25) is 10.0 Å². The van der Waals surface area contributed by atoms with E-state index < -0.39 is 0 Å². The maximum Gasteiger partial charge on any atom is 0.250 e. The highest BCUT2D eigenvalue weighted by Gasteiger charge is 2.20. The summed E-state index contributed by atoms with van der Waals surface area (Å²) in [6.07, 6.45) is 3.84. The van der Waals surface area contributed by atoms with Crippen molar-refractivity contribution in [2.24, 2.45) is 11.0 Å². The molecule has 172 valence electrons. The van der Waals surface area contributed by atoms with Crippen LogP contribution in [0, 0.1) is 19.8 Å². The molecule has 4 rings (SSSR count). The van der Waals surface area contributed by atoms with Crippen LogP contribution in [0.5, 0.6) is 0 Å². The Bertz CT molecular complexity index is 1160. The number of aromatic nitrogens is 3. The maximum absolute atomic E-state index is 6.23. The van der Waals surface area contributed by atoms with Crippen LogP contribution in [-0.2, 0) is 0 Å². The molecule has 1 aliphatic rings. The van der Waals surface area contributed by atoms with E-state index in [-0.39, 0.29) is 0 Å². The molecule has 0 radical (unpaired) electrons. The zero-order chi connectivity index (χ0) is 23.4. The van der Waals surface area contributed by atoms with Crippen molar-refractivity contribution in [1.29, 1.82) is 0 Å². The number of benzene rings is 2. The van der Waals surface area contributed by atoms with Crippen LogP contribution in [0.15, 0.2) is 41.5 Å². The second-order valence-corrected chi connectivity index (χ2v) is 9.20. The quantitative estimate of drug-likeness (QED) is 0.320. The Labute approximate surface area is 204 Å². The average molecular weight is 484 g/mol. The summed E-state index contributed by atoms with van der Waals surface area (Å²) in [6, 6.07) is 11.4.